The maximum atomic E-state index is 4.56. The molecule has 5 heteroatoms. The molecular formula is C16H19N5. The second kappa shape index (κ2) is 5.91. The molecule has 108 valence electrons. The first-order valence-electron chi connectivity index (χ1n) is 7.24. The average Bonchev–Trinajstić information content (AvgIpc) is 2.96. The summed E-state index contributed by atoms with van der Waals surface area (Å²) < 4.78 is 1.88. The number of hydrogen-bond donors (Lipinski definition) is 1. The molecule has 2 aromatic heterocycles. The van der Waals surface area contributed by atoms with Crippen molar-refractivity contribution in [2.24, 2.45) is 5.92 Å². The van der Waals surface area contributed by atoms with Crippen molar-refractivity contribution in [3.63, 3.8) is 0 Å². The van der Waals surface area contributed by atoms with E-state index in [0.717, 1.165) is 30.0 Å². The SMILES string of the molecule is CC(C)CCNc1cc(-c2ccccc2)nc2nncn12. The smallest absolute Gasteiger partial charge is 0.256 e. The summed E-state index contributed by atoms with van der Waals surface area (Å²) in [6.07, 6.45) is 2.81. The summed E-state index contributed by atoms with van der Waals surface area (Å²) in [4.78, 5) is 4.56. The number of nitrogens with one attached hydrogen (secondary N) is 1. The van der Waals surface area contributed by atoms with Gasteiger partial charge in [-0.05, 0) is 12.3 Å². The minimum absolute atomic E-state index is 0.614. The van der Waals surface area contributed by atoms with Crippen LogP contribution in [0.5, 0.6) is 0 Å². The van der Waals surface area contributed by atoms with E-state index in [-0.39, 0.29) is 0 Å². The van der Waals surface area contributed by atoms with Gasteiger partial charge in [-0.15, -0.1) is 10.2 Å². The van der Waals surface area contributed by atoms with Gasteiger partial charge in [0.15, 0.2) is 0 Å². The third-order valence-electron chi connectivity index (χ3n) is 3.38. The van der Waals surface area contributed by atoms with E-state index < -0.39 is 0 Å². The van der Waals surface area contributed by atoms with Gasteiger partial charge in [-0.25, -0.2) is 4.98 Å². The minimum Gasteiger partial charge on any atom is -0.371 e. The zero-order valence-corrected chi connectivity index (χ0v) is 12.3. The van der Waals surface area contributed by atoms with Gasteiger partial charge >= 0.3 is 0 Å². The molecule has 3 rings (SSSR count). The fraction of sp³-hybridized carbons (Fsp3) is 0.312. The van der Waals surface area contributed by atoms with Gasteiger partial charge in [0.25, 0.3) is 5.78 Å². The van der Waals surface area contributed by atoms with E-state index in [1.807, 2.05) is 40.8 Å². The first-order chi connectivity index (χ1) is 10.2. The van der Waals surface area contributed by atoms with E-state index in [1.165, 1.54) is 0 Å². The normalized spacial score (nSPS) is 11.2. The molecule has 0 aliphatic heterocycles. The standard InChI is InChI=1S/C16H19N5/c1-12(2)8-9-17-15-10-14(13-6-4-3-5-7-13)19-16-20-18-11-21(15)16/h3-7,10-12,17H,8-9H2,1-2H3. The molecule has 1 N–H and O–H groups in total. The Bertz CT molecular complexity index is 718. The summed E-state index contributed by atoms with van der Waals surface area (Å²) in [5, 5.41) is 11.5. The van der Waals surface area contributed by atoms with Crippen LogP contribution >= 0.6 is 0 Å². The Morgan fingerprint density at radius 2 is 2.00 bits per heavy atom. The highest BCUT2D eigenvalue weighted by atomic mass is 15.3. The molecule has 0 bridgehead atoms. The predicted molar refractivity (Wildman–Crippen MR) is 84.2 cm³/mol. The molecule has 0 atom stereocenters. The molecule has 21 heavy (non-hydrogen) atoms. The van der Waals surface area contributed by atoms with Gasteiger partial charge in [0.2, 0.25) is 0 Å². The Labute approximate surface area is 124 Å². The van der Waals surface area contributed by atoms with Crippen LogP contribution in [0.4, 0.5) is 5.82 Å². The fourth-order valence-corrected chi connectivity index (χ4v) is 2.20. The Morgan fingerprint density at radius 1 is 1.19 bits per heavy atom. The molecule has 0 radical (unpaired) electrons. The van der Waals surface area contributed by atoms with Gasteiger partial charge in [0.1, 0.15) is 12.1 Å². The van der Waals surface area contributed by atoms with Crippen molar-refractivity contribution in [1.29, 1.82) is 0 Å². The number of aromatic nitrogens is 4. The van der Waals surface area contributed by atoms with Crippen LogP contribution in [-0.2, 0) is 0 Å². The van der Waals surface area contributed by atoms with Gasteiger partial charge in [0, 0.05) is 18.2 Å². The highest BCUT2D eigenvalue weighted by Crippen LogP contribution is 2.21. The third-order valence-corrected chi connectivity index (χ3v) is 3.38. The highest BCUT2D eigenvalue weighted by molar-refractivity contribution is 5.65. The molecule has 0 saturated carbocycles. The molecule has 0 aliphatic rings. The summed E-state index contributed by atoms with van der Waals surface area (Å²) >= 11 is 0. The molecule has 0 unspecified atom stereocenters. The Hall–Kier alpha value is -2.43. The van der Waals surface area contributed by atoms with Crippen LogP contribution < -0.4 is 5.32 Å². The predicted octanol–water partition coefficient (Wildman–Crippen LogP) is 3.25. The lowest BCUT2D eigenvalue weighted by Gasteiger charge is -2.11. The summed E-state index contributed by atoms with van der Waals surface area (Å²) in [5.74, 6) is 2.26. The molecule has 0 aliphatic carbocycles. The molecule has 0 saturated heterocycles. The van der Waals surface area contributed by atoms with Crippen molar-refractivity contribution in [2.75, 3.05) is 11.9 Å². The second-order valence-corrected chi connectivity index (χ2v) is 5.50. The van der Waals surface area contributed by atoms with Crippen molar-refractivity contribution < 1.29 is 0 Å². The van der Waals surface area contributed by atoms with E-state index >= 15 is 0 Å². The maximum absolute atomic E-state index is 4.56. The van der Waals surface area contributed by atoms with Gasteiger partial charge in [-0.2, -0.15) is 0 Å². The summed E-state index contributed by atoms with van der Waals surface area (Å²) in [7, 11) is 0. The molecule has 0 amide bonds. The first kappa shape index (κ1) is 13.5. The summed E-state index contributed by atoms with van der Waals surface area (Å²) in [5.41, 5.74) is 1.98. The monoisotopic (exact) mass is 281 g/mol. The molecule has 1 aromatic carbocycles. The third kappa shape index (κ3) is 3.02. The van der Waals surface area contributed by atoms with Crippen LogP contribution in [0, 0.1) is 5.92 Å². The lowest BCUT2D eigenvalue weighted by Crippen LogP contribution is -2.09. The van der Waals surface area contributed by atoms with Crippen molar-refractivity contribution in [2.45, 2.75) is 20.3 Å². The minimum atomic E-state index is 0.614. The zero-order chi connectivity index (χ0) is 14.7. The van der Waals surface area contributed by atoms with E-state index in [1.54, 1.807) is 6.33 Å². The lowest BCUT2D eigenvalue weighted by atomic mass is 10.1. The van der Waals surface area contributed by atoms with Crippen LogP contribution in [0.1, 0.15) is 20.3 Å². The van der Waals surface area contributed by atoms with Crippen molar-refractivity contribution in [3.05, 3.63) is 42.7 Å². The van der Waals surface area contributed by atoms with Crippen molar-refractivity contribution >= 4 is 11.6 Å². The first-order valence-corrected chi connectivity index (χ1v) is 7.24. The fourth-order valence-electron chi connectivity index (χ4n) is 2.20. The van der Waals surface area contributed by atoms with Crippen molar-refractivity contribution in [1.82, 2.24) is 19.6 Å². The highest BCUT2D eigenvalue weighted by Gasteiger charge is 2.08. The van der Waals surface area contributed by atoms with E-state index in [4.69, 9.17) is 0 Å². The van der Waals surface area contributed by atoms with Crippen molar-refractivity contribution in [3.8, 4) is 11.3 Å². The van der Waals surface area contributed by atoms with Gasteiger partial charge < -0.3 is 5.32 Å². The van der Waals surface area contributed by atoms with E-state index in [9.17, 15) is 0 Å². The average molecular weight is 281 g/mol. The molecule has 0 spiro atoms. The van der Waals surface area contributed by atoms with Gasteiger partial charge in [-0.3, -0.25) is 4.40 Å². The number of fused-ring (bicyclic) bond motifs is 1. The number of rotatable bonds is 5. The lowest BCUT2D eigenvalue weighted by molar-refractivity contribution is 0.606. The Morgan fingerprint density at radius 3 is 2.76 bits per heavy atom. The van der Waals surface area contributed by atoms with E-state index in [2.05, 4.69) is 34.3 Å². The molecule has 3 aromatic rings. The number of benzene rings is 1. The van der Waals surface area contributed by atoms with Gasteiger partial charge in [-0.1, -0.05) is 44.2 Å². The van der Waals surface area contributed by atoms with Crippen LogP contribution in [0.2, 0.25) is 0 Å². The van der Waals surface area contributed by atoms with Crippen LogP contribution in [0.3, 0.4) is 0 Å². The molecular weight excluding hydrogens is 262 g/mol. The topological polar surface area (TPSA) is 55.1 Å². The Balaban J connectivity index is 1.96. The molecule has 2 heterocycles. The largest absolute Gasteiger partial charge is 0.371 e. The number of hydrogen-bond acceptors (Lipinski definition) is 4. The summed E-state index contributed by atoms with van der Waals surface area (Å²) in [6.45, 7) is 5.36. The molecule has 0 fully saturated rings. The number of nitrogens with zero attached hydrogens (tertiary/aromatic N) is 4. The maximum Gasteiger partial charge on any atom is 0.256 e. The van der Waals surface area contributed by atoms with Crippen LogP contribution in [0.25, 0.3) is 17.0 Å². The second-order valence-electron chi connectivity index (χ2n) is 5.50. The zero-order valence-electron chi connectivity index (χ0n) is 12.3. The molecule has 5 nitrogen and oxygen atoms in total. The quantitative estimate of drug-likeness (QED) is 0.780. The summed E-state index contributed by atoms with van der Waals surface area (Å²) in [6, 6.07) is 12.2. The van der Waals surface area contributed by atoms with E-state index in [0.29, 0.717) is 11.7 Å². The Kier molecular flexibility index (Phi) is 3.81. The van der Waals surface area contributed by atoms with Crippen LogP contribution in [0.15, 0.2) is 42.7 Å². The number of anilines is 1. The van der Waals surface area contributed by atoms with Gasteiger partial charge in [0.05, 0.1) is 5.69 Å². The van der Waals surface area contributed by atoms with Crippen LogP contribution in [-0.4, -0.2) is 26.1 Å².